The number of nitrogens with one attached hydrogen (secondary N) is 2. The normalized spacial score (nSPS) is 13.7. The highest BCUT2D eigenvalue weighted by atomic mass is 35.5. The van der Waals surface area contributed by atoms with E-state index in [1.54, 1.807) is 10.9 Å². The number of alkyl halides is 6. The summed E-state index contributed by atoms with van der Waals surface area (Å²) in [5.41, 5.74) is -1.76. The summed E-state index contributed by atoms with van der Waals surface area (Å²) in [6, 6.07) is 2.95. The second kappa shape index (κ2) is 11.6. The summed E-state index contributed by atoms with van der Waals surface area (Å²) in [5.74, 6) is -5.79. The van der Waals surface area contributed by atoms with Gasteiger partial charge in [-0.05, 0) is 56.7 Å². The maximum absolute atomic E-state index is 14.9. The highest BCUT2D eigenvalue weighted by molar-refractivity contribution is 6.48. The SMILES string of the molecule is CC(C)(C)OC(=O)NNC(=O)c1ccc(C(F)=CC(c2cc(Cl)c(Cl)c(Cl)c2)C(F)(F)F)cc1C(F)(F)F. The van der Waals surface area contributed by atoms with Crippen LogP contribution in [0, 0.1) is 0 Å². The third-order valence-electron chi connectivity index (χ3n) is 4.55. The molecule has 0 radical (unpaired) electrons. The van der Waals surface area contributed by atoms with Gasteiger partial charge in [-0.25, -0.2) is 14.6 Å². The molecule has 1 atom stereocenters. The van der Waals surface area contributed by atoms with Gasteiger partial charge in [0.2, 0.25) is 0 Å². The number of halogens is 10. The topological polar surface area (TPSA) is 67.4 Å². The third-order valence-corrected chi connectivity index (χ3v) is 5.75. The molecule has 38 heavy (non-hydrogen) atoms. The van der Waals surface area contributed by atoms with Crippen LogP contribution in [0.5, 0.6) is 0 Å². The maximum Gasteiger partial charge on any atom is 0.426 e. The van der Waals surface area contributed by atoms with E-state index < -0.39 is 64.0 Å². The minimum atomic E-state index is -5.23. The Morgan fingerprint density at radius 1 is 0.921 bits per heavy atom. The Bertz CT molecular complexity index is 1230. The fourth-order valence-electron chi connectivity index (χ4n) is 2.98. The molecule has 0 spiro atoms. The number of carbonyl (C=O) groups excluding carboxylic acids is 2. The summed E-state index contributed by atoms with van der Waals surface area (Å²) >= 11 is 17.3. The van der Waals surface area contributed by atoms with Crippen LogP contribution in [-0.4, -0.2) is 23.8 Å². The molecule has 1 unspecified atom stereocenters. The van der Waals surface area contributed by atoms with E-state index in [4.69, 9.17) is 39.5 Å². The first-order valence-corrected chi connectivity index (χ1v) is 11.4. The number of rotatable bonds is 4. The van der Waals surface area contributed by atoms with Gasteiger partial charge >= 0.3 is 18.4 Å². The van der Waals surface area contributed by atoms with Crippen LogP contribution >= 0.6 is 34.8 Å². The zero-order valence-electron chi connectivity index (χ0n) is 19.5. The molecule has 0 saturated carbocycles. The van der Waals surface area contributed by atoms with Crippen molar-refractivity contribution in [3.8, 4) is 0 Å². The summed E-state index contributed by atoms with van der Waals surface area (Å²) in [6.07, 6.45) is -11.5. The number of hydrazine groups is 1. The Balaban J connectivity index is 2.46. The van der Waals surface area contributed by atoms with E-state index in [1.165, 1.54) is 20.8 Å². The van der Waals surface area contributed by atoms with Crippen molar-refractivity contribution in [1.29, 1.82) is 0 Å². The summed E-state index contributed by atoms with van der Waals surface area (Å²) in [7, 11) is 0. The first-order chi connectivity index (χ1) is 17.2. The summed E-state index contributed by atoms with van der Waals surface area (Å²) in [4.78, 5) is 23.9. The number of benzene rings is 2. The summed E-state index contributed by atoms with van der Waals surface area (Å²) in [5, 5.41) is -0.953. The van der Waals surface area contributed by atoms with Gasteiger partial charge in [0, 0.05) is 5.56 Å². The number of hydrogen-bond donors (Lipinski definition) is 2. The fraction of sp³-hybridized carbons (Fsp3) is 0.304. The Labute approximate surface area is 226 Å². The lowest BCUT2D eigenvalue weighted by molar-refractivity contribution is -0.140. The lowest BCUT2D eigenvalue weighted by Crippen LogP contribution is -2.44. The Morgan fingerprint density at radius 2 is 1.47 bits per heavy atom. The van der Waals surface area contributed by atoms with Crippen LogP contribution in [0.15, 0.2) is 36.4 Å². The van der Waals surface area contributed by atoms with Gasteiger partial charge < -0.3 is 4.74 Å². The van der Waals surface area contributed by atoms with Crippen molar-refractivity contribution in [3.63, 3.8) is 0 Å². The average Bonchev–Trinajstić information content (AvgIpc) is 2.76. The lowest BCUT2D eigenvalue weighted by atomic mass is 9.95. The minimum absolute atomic E-state index is 0.0369. The number of hydrogen-bond acceptors (Lipinski definition) is 3. The van der Waals surface area contributed by atoms with Crippen LogP contribution in [0.1, 0.15) is 53.7 Å². The number of carbonyl (C=O) groups is 2. The van der Waals surface area contributed by atoms with Gasteiger partial charge in [0.1, 0.15) is 17.3 Å². The second-order valence-corrected chi connectivity index (χ2v) is 9.86. The predicted molar refractivity (Wildman–Crippen MR) is 128 cm³/mol. The molecule has 2 amide bonds. The molecule has 2 aromatic carbocycles. The van der Waals surface area contributed by atoms with Gasteiger partial charge in [0.05, 0.1) is 26.2 Å². The molecule has 0 heterocycles. The molecule has 0 aromatic heterocycles. The molecule has 0 aliphatic rings. The molecular formula is C23H18Cl3F7N2O3. The molecule has 0 aliphatic heterocycles. The molecule has 0 aliphatic carbocycles. The van der Waals surface area contributed by atoms with Crippen LogP contribution in [0.3, 0.4) is 0 Å². The molecule has 0 fully saturated rings. The Hall–Kier alpha value is -2.70. The van der Waals surface area contributed by atoms with E-state index in [9.17, 15) is 40.3 Å². The molecule has 5 nitrogen and oxygen atoms in total. The predicted octanol–water partition coefficient (Wildman–Crippen LogP) is 8.49. The Morgan fingerprint density at radius 3 is 1.95 bits per heavy atom. The van der Waals surface area contributed by atoms with E-state index in [2.05, 4.69) is 0 Å². The third kappa shape index (κ3) is 8.40. The van der Waals surface area contributed by atoms with E-state index in [1.807, 2.05) is 0 Å². The zero-order valence-corrected chi connectivity index (χ0v) is 21.8. The van der Waals surface area contributed by atoms with Gasteiger partial charge in [-0.1, -0.05) is 40.9 Å². The van der Waals surface area contributed by atoms with E-state index in [0.29, 0.717) is 12.1 Å². The molecule has 15 heteroatoms. The molecule has 2 aromatic rings. The molecule has 0 saturated heterocycles. The quantitative estimate of drug-likeness (QED) is 0.208. The molecule has 208 valence electrons. The van der Waals surface area contributed by atoms with E-state index in [0.717, 1.165) is 12.1 Å². The van der Waals surface area contributed by atoms with Gasteiger partial charge in [-0.2, -0.15) is 26.3 Å². The van der Waals surface area contributed by atoms with Crippen molar-refractivity contribution in [2.24, 2.45) is 0 Å². The molecule has 0 bridgehead atoms. The average molecular weight is 610 g/mol. The van der Waals surface area contributed by atoms with Crippen LogP contribution in [-0.2, 0) is 10.9 Å². The van der Waals surface area contributed by atoms with Crippen LogP contribution in [0.4, 0.5) is 35.5 Å². The van der Waals surface area contributed by atoms with Crippen molar-refractivity contribution < 1.29 is 45.1 Å². The first kappa shape index (κ1) is 31.5. The van der Waals surface area contributed by atoms with Crippen molar-refractivity contribution in [2.45, 2.75) is 44.6 Å². The van der Waals surface area contributed by atoms with Crippen LogP contribution in [0.25, 0.3) is 5.83 Å². The summed E-state index contributed by atoms with van der Waals surface area (Å²) < 4.78 is 102. The largest absolute Gasteiger partial charge is 0.443 e. The van der Waals surface area contributed by atoms with Gasteiger partial charge in [0.25, 0.3) is 5.91 Å². The highest BCUT2D eigenvalue weighted by Gasteiger charge is 2.41. The monoisotopic (exact) mass is 608 g/mol. The molecule has 2 rings (SSSR count). The van der Waals surface area contributed by atoms with Gasteiger partial charge in [0.15, 0.2) is 0 Å². The maximum atomic E-state index is 14.9. The number of allylic oxidation sites excluding steroid dienone is 1. The van der Waals surface area contributed by atoms with E-state index >= 15 is 0 Å². The Kier molecular flexibility index (Phi) is 9.61. The highest BCUT2D eigenvalue weighted by Crippen LogP contribution is 2.42. The summed E-state index contributed by atoms with van der Waals surface area (Å²) in [6.45, 7) is 4.49. The lowest BCUT2D eigenvalue weighted by Gasteiger charge is -2.20. The molecular weight excluding hydrogens is 592 g/mol. The van der Waals surface area contributed by atoms with Crippen molar-refractivity contribution in [2.75, 3.05) is 0 Å². The fourth-order valence-corrected chi connectivity index (χ4v) is 3.59. The van der Waals surface area contributed by atoms with Crippen molar-refractivity contribution in [1.82, 2.24) is 10.9 Å². The number of ether oxygens (including phenoxy) is 1. The second-order valence-electron chi connectivity index (χ2n) is 8.67. The van der Waals surface area contributed by atoms with Crippen molar-refractivity contribution >= 4 is 52.6 Å². The van der Waals surface area contributed by atoms with Crippen LogP contribution in [0.2, 0.25) is 15.1 Å². The zero-order chi connectivity index (χ0) is 29.2. The van der Waals surface area contributed by atoms with Gasteiger partial charge in [-0.15, -0.1) is 0 Å². The first-order valence-electron chi connectivity index (χ1n) is 10.3. The minimum Gasteiger partial charge on any atom is -0.443 e. The smallest absolute Gasteiger partial charge is 0.426 e. The van der Waals surface area contributed by atoms with Gasteiger partial charge in [-0.3, -0.25) is 10.2 Å². The number of amides is 2. The standard InChI is InChI=1S/C23H18Cl3F7N2O3/c1-21(2,3)38-20(37)35-34-19(36)12-5-4-10(6-14(12)23(31,32)33)17(27)9-13(22(28,29)30)11-7-15(24)18(26)16(25)8-11/h4-9,13H,1-3H3,(H,34,36)(H,35,37). The van der Waals surface area contributed by atoms with E-state index in [-0.39, 0.29) is 27.2 Å². The van der Waals surface area contributed by atoms with Crippen molar-refractivity contribution in [3.05, 3.63) is 73.7 Å². The molecule has 2 N–H and O–H groups in total. The van der Waals surface area contributed by atoms with Crippen LogP contribution < -0.4 is 10.9 Å².